The van der Waals surface area contributed by atoms with Gasteiger partial charge in [0.05, 0.1) is 0 Å². The van der Waals surface area contributed by atoms with E-state index in [0.29, 0.717) is 92.6 Å². The Kier molecular flexibility index (Phi) is 24.1. The average Bonchev–Trinajstić information content (AvgIpc) is 3.01. The van der Waals surface area contributed by atoms with Crippen molar-refractivity contribution in [2.75, 3.05) is 39.3 Å². The molecule has 45 heavy (non-hydrogen) atoms. The Morgan fingerprint density at radius 3 is 1.42 bits per heavy atom. The highest BCUT2D eigenvalue weighted by molar-refractivity contribution is 5.83. The summed E-state index contributed by atoms with van der Waals surface area (Å²) in [6, 6.07) is 0. The summed E-state index contributed by atoms with van der Waals surface area (Å²) in [5.41, 5.74) is 2.30. The van der Waals surface area contributed by atoms with Crippen LogP contribution < -0.4 is 16.0 Å². The van der Waals surface area contributed by atoms with Gasteiger partial charge < -0.3 is 20.7 Å². The third kappa shape index (κ3) is 24.1. The van der Waals surface area contributed by atoms with Gasteiger partial charge in [-0.3, -0.25) is 39.6 Å². The van der Waals surface area contributed by atoms with Crippen LogP contribution >= 0.6 is 0 Å². The lowest BCUT2D eigenvalue weighted by Gasteiger charge is -2.15. The van der Waals surface area contributed by atoms with E-state index in [0.717, 1.165) is 6.26 Å². The minimum absolute atomic E-state index is 0.0560. The SMILES string of the molecule is C=C=COC(=O)NCCCCCN(O)C(=O)CCC(=O)NCCCCCN(O)C(=O)CCC(=O)NCCCCCN(O)C(C)=O. The topological polar surface area (TPSA) is 218 Å². The molecule has 0 saturated carbocycles. The lowest BCUT2D eigenvalue weighted by molar-refractivity contribution is -0.166. The van der Waals surface area contributed by atoms with E-state index in [4.69, 9.17) is 0 Å². The fourth-order valence-electron chi connectivity index (χ4n) is 3.76. The highest BCUT2D eigenvalue weighted by atomic mass is 16.5. The molecule has 6 N–H and O–H groups in total. The van der Waals surface area contributed by atoms with Crippen LogP contribution in [0.25, 0.3) is 0 Å². The molecule has 6 amide bonds. The number of nitrogens with one attached hydrogen (secondary N) is 3. The van der Waals surface area contributed by atoms with Crippen LogP contribution in [0.3, 0.4) is 0 Å². The Labute approximate surface area is 264 Å². The number of unbranched alkanes of at least 4 members (excludes halogenated alkanes) is 6. The number of carbonyl (C=O) groups excluding carboxylic acids is 6. The molecule has 16 heteroatoms. The maximum atomic E-state index is 12.0. The van der Waals surface area contributed by atoms with Crippen LogP contribution in [0.2, 0.25) is 0 Å². The Morgan fingerprint density at radius 2 is 1.02 bits per heavy atom. The second-order valence-electron chi connectivity index (χ2n) is 10.2. The zero-order valence-corrected chi connectivity index (χ0v) is 26.3. The molecule has 16 nitrogen and oxygen atoms in total. The molecule has 0 heterocycles. The molecule has 0 saturated heterocycles. The molecule has 0 unspecified atom stereocenters. The number of rotatable bonds is 25. The molecular formula is C29H50N6O10. The molecule has 0 aliphatic carbocycles. The molecule has 0 fully saturated rings. The molecule has 0 atom stereocenters. The van der Waals surface area contributed by atoms with Gasteiger partial charge in [0.2, 0.25) is 29.5 Å². The Balaban J connectivity index is 3.78. The van der Waals surface area contributed by atoms with E-state index >= 15 is 0 Å². The van der Waals surface area contributed by atoms with Gasteiger partial charge in [-0.25, -0.2) is 20.0 Å². The highest BCUT2D eigenvalue weighted by Crippen LogP contribution is 2.03. The van der Waals surface area contributed by atoms with Crippen LogP contribution in [0.4, 0.5) is 4.79 Å². The summed E-state index contributed by atoms with van der Waals surface area (Å²) in [5.74, 6) is -2.19. The Bertz CT molecular complexity index is 973. The van der Waals surface area contributed by atoms with Gasteiger partial charge in [0.1, 0.15) is 6.26 Å². The largest absolute Gasteiger partial charge is 0.412 e. The third-order valence-corrected chi connectivity index (χ3v) is 6.37. The van der Waals surface area contributed by atoms with Crippen LogP contribution in [0.5, 0.6) is 0 Å². The molecule has 0 aliphatic heterocycles. The fraction of sp³-hybridized carbons (Fsp3) is 0.690. The first-order valence-electron chi connectivity index (χ1n) is 15.3. The quantitative estimate of drug-likeness (QED) is 0.0280. The van der Waals surface area contributed by atoms with Crippen molar-refractivity contribution < 1.29 is 49.1 Å². The Hall–Kier alpha value is -3.98. The standard InChI is InChI=1S/C29H50N6O10/c1-3-23-45-29(41)32-19-9-6-12-22-35(44)28(40)16-14-26(38)31-18-8-5-11-21-34(43)27(39)15-13-25(37)30-17-7-4-10-20-33(42)24(2)36/h23,42-44H,1,4-22H2,2H3,(H,30,37)(H,31,38)(H,32,41). The van der Waals surface area contributed by atoms with Crippen molar-refractivity contribution in [2.45, 2.75) is 90.4 Å². The van der Waals surface area contributed by atoms with Crippen molar-refractivity contribution in [3.63, 3.8) is 0 Å². The summed E-state index contributed by atoms with van der Waals surface area (Å²) in [5, 5.41) is 38.7. The van der Waals surface area contributed by atoms with Gasteiger partial charge in [-0.2, -0.15) is 0 Å². The summed E-state index contributed by atoms with van der Waals surface area (Å²) in [6.45, 7) is 6.10. The number of nitrogens with zero attached hydrogens (tertiary/aromatic N) is 3. The second-order valence-corrected chi connectivity index (χ2v) is 10.2. The number of hydrogen-bond acceptors (Lipinski definition) is 10. The van der Waals surface area contributed by atoms with Crippen LogP contribution in [-0.2, 0) is 28.7 Å². The Morgan fingerprint density at radius 1 is 0.622 bits per heavy atom. The summed E-state index contributed by atoms with van der Waals surface area (Å²) in [4.78, 5) is 70.0. The first-order chi connectivity index (χ1) is 21.5. The van der Waals surface area contributed by atoms with Crippen molar-refractivity contribution in [1.82, 2.24) is 31.1 Å². The first kappa shape index (κ1) is 41.0. The average molecular weight is 643 g/mol. The molecule has 0 rings (SSSR count). The van der Waals surface area contributed by atoms with Gasteiger partial charge in [0.25, 0.3) is 0 Å². The first-order valence-corrected chi connectivity index (χ1v) is 15.3. The van der Waals surface area contributed by atoms with Gasteiger partial charge >= 0.3 is 6.09 Å². The van der Waals surface area contributed by atoms with E-state index in [1.165, 1.54) is 6.92 Å². The smallest absolute Gasteiger partial charge is 0.410 e. The molecule has 0 bridgehead atoms. The van der Waals surface area contributed by atoms with Crippen molar-refractivity contribution in [3.05, 3.63) is 18.6 Å². The molecule has 0 aromatic heterocycles. The predicted octanol–water partition coefficient (Wildman–Crippen LogP) is 1.99. The van der Waals surface area contributed by atoms with Gasteiger partial charge in [0.15, 0.2) is 0 Å². The normalized spacial score (nSPS) is 10.2. The van der Waals surface area contributed by atoms with Gasteiger partial charge in [-0.1, -0.05) is 12.3 Å². The highest BCUT2D eigenvalue weighted by Gasteiger charge is 2.14. The van der Waals surface area contributed by atoms with Crippen molar-refractivity contribution in [2.24, 2.45) is 0 Å². The van der Waals surface area contributed by atoms with E-state index in [9.17, 15) is 44.4 Å². The number of carbonyl (C=O) groups is 6. The monoisotopic (exact) mass is 642 g/mol. The van der Waals surface area contributed by atoms with Gasteiger partial charge in [0, 0.05) is 71.9 Å². The number of amides is 6. The number of alkyl carbamates (subject to hydrolysis) is 1. The molecule has 0 aliphatic rings. The number of ether oxygens (including phenoxy) is 1. The fourth-order valence-corrected chi connectivity index (χ4v) is 3.76. The van der Waals surface area contributed by atoms with Crippen LogP contribution in [0.15, 0.2) is 18.6 Å². The zero-order chi connectivity index (χ0) is 33.9. The maximum absolute atomic E-state index is 12.0. The number of hydrogen-bond donors (Lipinski definition) is 6. The molecular weight excluding hydrogens is 592 g/mol. The molecule has 0 radical (unpaired) electrons. The minimum Gasteiger partial charge on any atom is -0.410 e. The number of hydroxylamine groups is 6. The lowest BCUT2D eigenvalue weighted by atomic mass is 10.2. The lowest BCUT2D eigenvalue weighted by Crippen LogP contribution is -2.31. The van der Waals surface area contributed by atoms with Crippen LogP contribution in [0.1, 0.15) is 90.4 Å². The minimum atomic E-state index is -0.617. The molecule has 0 aromatic carbocycles. The zero-order valence-electron chi connectivity index (χ0n) is 26.3. The van der Waals surface area contributed by atoms with Gasteiger partial charge in [-0.05, 0) is 57.8 Å². The van der Waals surface area contributed by atoms with E-state index in [1.54, 1.807) is 0 Å². The maximum Gasteiger partial charge on any atom is 0.412 e. The summed E-state index contributed by atoms with van der Waals surface area (Å²) >= 11 is 0. The molecule has 256 valence electrons. The van der Waals surface area contributed by atoms with Crippen molar-refractivity contribution >= 4 is 35.6 Å². The van der Waals surface area contributed by atoms with Crippen LogP contribution in [-0.4, -0.2) is 106 Å². The summed E-state index contributed by atoms with van der Waals surface area (Å²) in [6.07, 6.45) is 5.49. The second kappa shape index (κ2) is 26.4. The van der Waals surface area contributed by atoms with Crippen molar-refractivity contribution in [3.8, 4) is 0 Å². The summed E-state index contributed by atoms with van der Waals surface area (Å²) in [7, 11) is 0. The molecule has 0 aromatic rings. The van der Waals surface area contributed by atoms with E-state index in [-0.39, 0.29) is 57.1 Å². The van der Waals surface area contributed by atoms with E-state index in [1.807, 2.05) is 0 Å². The predicted molar refractivity (Wildman–Crippen MR) is 160 cm³/mol. The summed E-state index contributed by atoms with van der Waals surface area (Å²) < 4.78 is 4.59. The van der Waals surface area contributed by atoms with Crippen molar-refractivity contribution in [1.29, 1.82) is 0 Å². The van der Waals surface area contributed by atoms with E-state index in [2.05, 4.69) is 33.0 Å². The van der Waals surface area contributed by atoms with E-state index < -0.39 is 23.8 Å². The van der Waals surface area contributed by atoms with Gasteiger partial charge in [-0.15, -0.1) is 0 Å². The third-order valence-electron chi connectivity index (χ3n) is 6.37. The molecule has 0 spiro atoms. The van der Waals surface area contributed by atoms with Crippen LogP contribution in [0, 0.1) is 0 Å².